The predicted molar refractivity (Wildman–Crippen MR) is 128 cm³/mol. The lowest BCUT2D eigenvalue weighted by Crippen LogP contribution is -2.21. The maximum atomic E-state index is 12.9. The highest BCUT2D eigenvalue weighted by atomic mass is 16.5. The van der Waals surface area contributed by atoms with Crippen LogP contribution in [-0.2, 0) is 14.9 Å². The number of ether oxygens (including phenoxy) is 1. The number of fused-ring (bicyclic) bond motifs is 1. The number of para-hydroxylation sites is 1. The van der Waals surface area contributed by atoms with E-state index in [1.807, 2.05) is 55.5 Å². The van der Waals surface area contributed by atoms with Gasteiger partial charge in [0, 0.05) is 11.1 Å². The van der Waals surface area contributed by atoms with Crippen LogP contribution >= 0.6 is 0 Å². The van der Waals surface area contributed by atoms with E-state index < -0.39 is 18.5 Å². The van der Waals surface area contributed by atoms with Crippen molar-refractivity contribution in [1.29, 1.82) is 0 Å². The standard InChI is InChI=1S/C27H26N2O4/c1-17-9-14-24(33-17)23-15-21(20-7-5-6-8-22(20)29-23)26(31)32-16-25(30)28-19-12-10-18(11-13-19)27(2,3)4/h5-15H,16H2,1-4H3,(H,28,30). The number of carbonyl (C=O) groups is 2. The van der Waals surface area contributed by atoms with Crippen LogP contribution in [0.25, 0.3) is 22.4 Å². The van der Waals surface area contributed by atoms with Crippen molar-refractivity contribution >= 4 is 28.5 Å². The van der Waals surface area contributed by atoms with Gasteiger partial charge in [0.1, 0.15) is 11.5 Å². The number of hydrogen-bond acceptors (Lipinski definition) is 5. The molecule has 6 nitrogen and oxygen atoms in total. The molecule has 4 aromatic rings. The molecular formula is C27H26N2O4. The Balaban J connectivity index is 1.49. The summed E-state index contributed by atoms with van der Waals surface area (Å²) < 4.78 is 11.0. The molecule has 0 saturated carbocycles. The largest absolute Gasteiger partial charge is 0.460 e. The number of aromatic nitrogens is 1. The van der Waals surface area contributed by atoms with Gasteiger partial charge in [-0.15, -0.1) is 0 Å². The molecule has 2 aromatic heterocycles. The van der Waals surface area contributed by atoms with E-state index in [1.54, 1.807) is 18.2 Å². The summed E-state index contributed by atoms with van der Waals surface area (Å²) in [7, 11) is 0. The molecule has 33 heavy (non-hydrogen) atoms. The van der Waals surface area contributed by atoms with Gasteiger partial charge in [0.15, 0.2) is 12.4 Å². The molecule has 1 N–H and O–H groups in total. The average molecular weight is 443 g/mol. The van der Waals surface area contributed by atoms with E-state index >= 15 is 0 Å². The minimum absolute atomic E-state index is 0.0264. The fourth-order valence-corrected chi connectivity index (χ4v) is 3.50. The normalized spacial score (nSPS) is 11.4. The highest BCUT2D eigenvalue weighted by molar-refractivity contribution is 6.05. The number of carbonyl (C=O) groups excluding carboxylic acids is 2. The van der Waals surface area contributed by atoms with Crippen LogP contribution in [0.4, 0.5) is 5.69 Å². The number of benzene rings is 2. The molecule has 4 rings (SSSR count). The zero-order valence-electron chi connectivity index (χ0n) is 19.1. The SMILES string of the molecule is Cc1ccc(-c2cc(C(=O)OCC(=O)Nc3ccc(C(C)(C)C)cc3)c3ccccc3n2)o1. The van der Waals surface area contributed by atoms with Crippen LogP contribution in [0.15, 0.2) is 71.1 Å². The van der Waals surface area contributed by atoms with Gasteiger partial charge in [0.2, 0.25) is 0 Å². The zero-order chi connectivity index (χ0) is 23.6. The summed E-state index contributed by atoms with van der Waals surface area (Å²) in [6.45, 7) is 7.82. The monoisotopic (exact) mass is 442 g/mol. The first-order valence-electron chi connectivity index (χ1n) is 10.7. The second-order valence-corrected chi connectivity index (χ2v) is 8.93. The number of hydrogen-bond donors (Lipinski definition) is 1. The Morgan fingerprint density at radius 2 is 1.73 bits per heavy atom. The summed E-state index contributed by atoms with van der Waals surface area (Å²) in [5.41, 5.74) is 3.33. The summed E-state index contributed by atoms with van der Waals surface area (Å²) >= 11 is 0. The van der Waals surface area contributed by atoms with E-state index in [1.165, 1.54) is 5.56 Å². The van der Waals surface area contributed by atoms with Gasteiger partial charge in [-0.3, -0.25) is 4.79 Å². The number of pyridine rings is 1. The lowest BCUT2D eigenvalue weighted by Gasteiger charge is -2.19. The molecule has 0 aliphatic carbocycles. The van der Waals surface area contributed by atoms with Gasteiger partial charge in [0.05, 0.1) is 11.1 Å². The average Bonchev–Trinajstić information content (AvgIpc) is 3.23. The molecule has 0 radical (unpaired) electrons. The zero-order valence-corrected chi connectivity index (χ0v) is 19.1. The second-order valence-electron chi connectivity index (χ2n) is 8.93. The number of furan rings is 1. The molecule has 0 bridgehead atoms. The van der Waals surface area contributed by atoms with E-state index in [9.17, 15) is 9.59 Å². The van der Waals surface area contributed by atoms with Gasteiger partial charge < -0.3 is 14.5 Å². The van der Waals surface area contributed by atoms with Gasteiger partial charge in [-0.25, -0.2) is 9.78 Å². The maximum Gasteiger partial charge on any atom is 0.339 e. The van der Waals surface area contributed by atoms with Gasteiger partial charge in [-0.2, -0.15) is 0 Å². The molecule has 2 aromatic carbocycles. The molecule has 0 atom stereocenters. The molecule has 6 heteroatoms. The Morgan fingerprint density at radius 3 is 2.39 bits per heavy atom. The number of aryl methyl sites for hydroxylation is 1. The number of anilines is 1. The van der Waals surface area contributed by atoms with E-state index in [4.69, 9.17) is 9.15 Å². The summed E-state index contributed by atoms with van der Waals surface area (Å²) in [6, 6.07) is 20.2. The number of nitrogens with one attached hydrogen (secondary N) is 1. The maximum absolute atomic E-state index is 12.9. The van der Waals surface area contributed by atoms with Crippen LogP contribution in [0.1, 0.15) is 42.5 Å². The fourth-order valence-electron chi connectivity index (χ4n) is 3.50. The summed E-state index contributed by atoms with van der Waals surface area (Å²) in [4.78, 5) is 29.9. The Hall–Kier alpha value is -3.93. The lowest BCUT2D eigenvalue weighted by molar-refractivity contribution is -0.119. The lowest BCUT2D eigenvalue weighted by atomic mass is 9.87. The number of rotatable bonds is 5. The molecule has 0 unspecified atom stereocenters. The highest BCUT2D eigenvalue weighted by Gasteiger charge is 2.18. The van der Waals surface area contributed by atoms with Crippen molar-refractivity contribution in [2.75, 3.05) is 11.9 Å². The quantitative estimate of drug-likeness (QED) is 0.389. The van der Waals surface area contributed by atoms with Crippen molar-refractivity contribution in [3.63, 3.8) is 0 Å². The van der Waals surface area contributed by atoms with E-state index in [-0.39, 0.29) is 5.41 Å². The summed E-state index contributed by atoms with van der Waals surface area (Å²) in [5, 5.41) is 3.41. The van der Waals surface area contributed by atoms with Crippen molar-refractivity contribution in [2.24, 2.45) is 0 Å². The van der Waals surface area contributed by atoms with E-state index in [2.05, 4.69) is 31.1 Å². The topological polar surface area (TPSA) is 81.4 Å². The Bertz CT molecular complexity index is 1310. The van der Waals surface area contributed by atoms with E-state index in [0.29, 0.717) is 33.6 Å². The summed E-state index contributed by atoms with van der Waals surface area (Å²) in [6.07, 6.45) is 0. The molecule has 0 aliphatic rings. The van der Waals surface area contributed by atoms with Crippen LogP contribution in [0.3, 0.4) is 0 Å². The molecule has 0 spiro atoms. The third-order valence-electron chi connectivity index (χ3n) is 5.30. The van der Waals surface area contributed by atoms with Crippen molar-refractivity contribution in [1.82, 2.24) is 4.98 Å². The number of esters is 1. The molecule has 0 fully saturated rings. The highest BCUT2D eigenvalue weighted by Crippen LogP contribution is 2.27. The van der Waals surface area contributed by atoms with Crippen LogP contribution in [0, 0.1) is 6.92 Å². The number of amides is 1. The smallest absolute Gasteiger partial charge is 0.339 e. The fraction of sp³-hybridized carbons (Fsp3) is 0.222. The van der Waals surface area contributed by atoms with Gasteiger partial charge >= 0.3 is 5.97 Å². The van der Waals surface area contributed by atoms with E-state index in [0.717, 1.165) is 5.76 Å². The van der Waals surface area contributed by atoms with Crippen molar-refractivity contribution in [3.8, 4) is 11.5 Å². The minimum Gasteiger partial charge on any atom is -0.460 e. The molecule has 0 saturated heterocycles. The Labute approximate surface area is 192 Å². The van der Waals surface area contributed by atoms with Crippen LogP contribution in [0.5, 0.6) is 0 Å². The third-order valence-corrected chi connectivity index (χ3v) is 5.30. The first kappa shape index (κ1) is 22.3. The first-order valence-corrected chi connectivity index (χ1v) is 10.7. The van der Waals surface area contributed by atoms with Gasteiger partial charge in [-0.05, 0) is 54.3 Å². The predicted octanol–water partition coefficient (Wildman–Crippen LogP) is 5.90. The molecule has 1 amide bonds. The third kappa shape index (κ3) is 5.12. The van der Waals surface area contributed by atoms with Crippen molar-refractivity contribution < 1.29 is 18.7 Å². The van der Waals surface area contributed by atoms with Crippen molar-refractivity contribution in [3.05, 3.63) is 83.6 Å². The van der Waals surface area contributed by atoms with Crippen LogP contribution < -0.4 is 5.32 Å². The first-order chi connectivity index (χ1) is 15.7. The van der Waals surface area contributed by atoms with Crippen LogP contribution in [0.2, 0.25) is 0 Å². The molecule has 168 valence electrons. The Kier molecular flexibility index (Phi) is 6.01. The molecule has 0 aliphatic heterocycles. The molecular weight excluding hydrogens is 416 g/mol. The Morgan fingerprint density at radius 1 is 1.00 bits per heavy atom. The number of nitrogens with zero attached hydrogens (tertiary/aromatic N) is 1. The van der Waals surface area contributed by atoms with Crippen molar-refractivity contribution in [2.45, 2.75) is 33.1 Å². The van der Waals surface area contributed by atoms with Crippen LogP contribution in [-0.4, -0.2) is 23.5 Å². The minimum atomic E-state index is -0.601. The van der Waals surface area contributed by atoms with Gasteiger partial charge in [-0.1, -0.05) is 51.1 Å². The second kappa shape index (κ2) is 8.90. The van der Waals surface area contributed by atoms with Gasteiger partial charge in [0.25, 0.3) is 5.91 Å². The molecule has 2 heterocycles. The summed E-state index contributed by atoms with van der Waals surface area (Å²) in [5.74, 6) is 0.295.